The number of benzene rings is 2. The van der Waals surface area contributed by atoms with Crippen molar-refractivity contribution in [3.63, 3.8) is 0 Å². The zero-order chi connectivity index (χ0) is 19.8. The van der Waals surface area contributed by atoms with Gasteiger partial charge in [0.15, 0.2) is 5.82 Å². The lowest BCUT2D eigenvalue weighted by atomic mass is 10.2. The van der Waals surface area contributed by atoms with E-state index in [2.05, 4.69) is 27.1 Å². The first-order valence-electron chi connectivity index (χ1n) is 9.42. The van der Waals surface area contributed by atoms with Crippen LogP contribution in [-0.2, 0) is 0 Å². The highest BCUT2D eigenvalue weighted by Gasteiger charge is 2.06. The topological polar surface area (TPSA) is 41.0 Å². The van der Waals surface area contributed by atoms with Gasteiger partial charge in [-0.25, -0.2) is 14.4 Å². The number of fused-ring (bicyclic) bond motifs is 1. The summed E-state index contributed by atoms with van der Waals surface area (Å²) in [4.78, 5) is 11.5. The summed E-state index contributed by atoms with van der Waals surface area (Å²) in [5.41, 5.74) is 1.78. The lowest BCUT2D eigenvalue weighted by Gasteiger charge is -2.17. The lowest BCUT2D eigenvalue weighted by Crippen LogP contribution is -2.24. The van der Waals surface area contributed by atoms with E-state index in [4.69, 9.17) is 11.6 Å². The lowest BCUT2D eigenvalue weighted by molar-refractivity contribution is 0.334. The van der Waals surface area contributed by atoms with Crippen LogP contribution >= 0.6 is 11.6 Å². The van der Waals surface area contributed by atoms with Crippen LogP contribution in [0.1, 0.15) is 24.7 Å². The predicted octanol–water partition coefficient (Wildman–Crippen LogP) is 5.26. The number of hydrogen-bond acceptors (Lipinski definition) is 4. The van der Waals surface area contributed by atoms with Crippen molar-refractivity contribution in [1.29, 1.82) is 0 Å². The Morgan fingerprint density at radius 1 is 1.07 bits per heavy atom. The Morgan fingerprint density at radius 2 is 1.86 bits per heavy atom. The number of anilines is 1. The molecule has 0 saturated heterocycles. The molecule has 3 rings (SSSR count). The molecule has 1 N–H and O–H groups in total. The van der Waals surface area contributed by atoms with Gasteiger partial charge in [0, 0.05) is 18.5 Å². The van der Waals surface area contributed by atoms with E-state index in [0.717, 1.165) is 48.3 Å². The molecule has 0 bridgehead atoms. The van der Waals surface area contributed by atoms with Gasteiger partial charge in [-0.3, -0.25) is 4.90 Å². The van der Waals surface area contributed by atoms with Gasteiger partial charge >= 0.3 is 0 Å². The summed E-state index contributed by atoms with van der Waals surface area (Å²) in [6, 6.07) is 14.8. The first-order chi connectivity index (χ1) is 13.7. The van der Waals surface area contributed by atoms with Crippen LogP contribution in [0.3, 0.4) is 0 Å². The van der Waals surface area contributed by atoms with Crippen LogP contribution in [0, 0.1) is 5.82 Å². The summed E-state index contributed by atoms with van der Waals surface area (Å²) >= 11 is 5.91. The maximum absolute atomic E-state index is 13.1. The normalized spacial score (nSPS) is 11.6. The number of para-hydroxylation sites is 1. The molecule has 0 aliphatic heterocycles. The average Bonchev–Trinajstić information content (AvgIpc) is 2.73. The third-order valence-corrected chi connectivity index (χ3v) is 4.81. The smallest absolute Gasteiger partial charge is 0.154 e. The van der Waals surface area contributed by atoms with E-state index in [1.54, 1.807) is 12.1 Å². The van der Waals surface area contributed by atoms with Crippen molar-refractivity contribution >= 4 is 40.5 Å². The summed E-state index contributed by atoms with van der Waals surface area (Å²) in [6.45, 7) is 4.79. The van der Waals surface area contributed by atoms with Crippen LogP contribution in [0.5, 0.6) is 0 Å². The van der Waals surface area contributed by atoms with Gasteiger partial charge in [0.05, 0.1) is 11.5 Å². The number of nitrogens with one attached hydrogen (secondary N) is 1. The fourth-order valence-electron chi connectivity index (χ4n) is 2.86. The maximum atomic E-state index is 13.1. The van der Waals surface area contributed by atoms with Crippen molar-refractivity contribution in [2.45, 2.75) is 13.3 Å². The Morgan fingerprint density at radius 3 is 2.61 bits per heavy atom. The number of nitrogens with zero attached hydrogens (tertiary/aromatic N) is 3. The van der Waals surface area contributed by atoms with E-state index in [-0.39, 0.29) is 5.82 Å². The van der Waals surface area contributed by atoms with E-state index < -0.39 is 0 Å². The van der Waals surface area contributed by atoms with Crippen molar-refractivity contribution in [3.8, 4) is 0 Å². The van der Waals surface area contributed by atoms with Crippen LogP contribution in [0.25, 0.3) is 23.1 Å². The van der Waals surface area contributed by atoms with Crippen LogP contribution in [0.4, 0.5) is 10.2 Å². The first-order valence-corrected chi connectivity index (χ1v) is 9.95. The van der Waals surface area contributed by atoms with Crippen molar-refractivity contribution < 1.29 is 4.39 Å². The minimum absolute atomic E-state index is 0.249. The molecule has 2 aromatic carbocycles. The van der Waals surface area contributed by atoms with Gasteiger partial charge in [-0.2, -0.15) is 0 Å². The molecule has 0 spiro atoms. The van der Waals surface area contributed by atoms with Crippen molar-refractivity contribution in [2.75, 3.05) is 31.0 Å². The SMILES string of the molecule is CCN(CCl)CCCNc1nc(/C=C/c2ccc(F)cc2)nc2ccccc12. The molecule has 146 valence electrons. The van der Waals surface area contributed by atoms with E-state index >= 15 is 0 Å². The van der Waals surface area contributed by atoms with Gasteiger partial charge in [0.25, 0.3) is 0 Å². The number of hydrogen-bond donors (Lipinski definition) is 1. The standard InChI is InChI=1S/C22H24ClFN4/c1-2-28(16-23)15-5-14-25-22-19-6-3-4-7-20(19)26-21(27-22)13-10-17-8-11-18(24)12-9-17/h3-4,6-13H,2,5,14-16H2,1H3,(H,25,26,27)/b13-10+. The van der Waals surface area contributed by atoms with Crippen LogP contribution in [0.15, 0.2) is 48.5 Å². The summed E-state index contributed by atoms with van der Waals surface area (Å²) in [7, 11) is 0. The largest absolute Gasteiger partial charge is 0.369 e. The van der Waals surface area contributed by atoms with Crippen LogP contribution in [-0.4, -0.2) is 40.5 Å². The quantitative estimate of drug-likeness (QED) is 0.303. The molecule has 0 radical (unpaired) electrons. The molecule has 28 heavy (non-hydrogen) atoms. The molecule has 0 aliphatic rings. The van der Waals surface area contributed by atoms with Gasteiger partial charge in [-0.05, 0) is 48.9 Å². The second kappa shape index (κ2) is 10.2. The number of aromatic nitrogens is 2. The van der Waals surface area contributed by atoms with Gasteiger partial charge in [-0.15, -0.1) is 11.6 Å². The fraction of sp³-hybridized carbons (Fsp3) is 0.273. The number of rotatable bonds is 9. The summed E-state index contributed by atoms with van der Waals surface area (Å²) in [5, 5.41) is 4.42. The molecular weight excluding hydrogens is 375 g/mol. The molecule has 0 atom stereocenters. The Labute approximate surface area is 170 Å². The van der Waals surface area contributed by atoms with Gasteiger partial charge in [0.2, 0.25) is 0 Å². The zero-order valence-corrected chi connectivity index (χ0v) is 16.7. The zero-order valence-electron chi connectivity index (χ0n) is 15.9. The number of halogens is 2. The highest BCUT2D eigenvalue weighted by atomic mass is 35.5. The van der Waals surface area contributed by atoms with E-state index in [1.807, 2.05) is 36.4 Å². The van der Waals surface area contributed by atoms with Crippen molar-refractivity contribution in [2.24, 2.45) is 0 Å². The average molecular weight is 399 g/mol. The minimum atomic E-state index is -0.249. The highest BCUT2D eigenvalue weighted by Crippen LogP contribution is 2.21. The first kappa shape index (κ1) is 20.2. The monoisotopic (exact) mass is 398 g/mol. The third kappa shape index (κ3) is 5.50. The summed E-state index contributed by atoms with van der Waals surface area (Å²) < 4.78 is 13.1. The predicted molar refractivity (Wildman–Crippen MR) is 116 cm³/mol. The fourth-order valence-corrected chi connectivity index (χ4v) is 3.15. The van der Waals surface area contributed by atoms with E-state index in [0.29, 0.717) is 11.8 Å². The molecule has 0 unspecified atom stereocenters. The molecule has 0 amide bonds. The molecular formula is C22H24ClFN4. The van der Waals surface area contributed by atoms with Crippen molar-refractivity contribution in [3.05, 3.63) is 65.7 Å². The second-order valence-electron chi connectivity index (χ2n) is 6.44. The van der Waals surface area contributed by atoms with Gasteiger partial charge in [-0.1, -0.05) is 37.3 Å². The second-order valence-corrected chi connectivity index (χ2v) is 6.68. The molecule has 1 heterocycles. The molecule has 6 heteroatoms. The van der Waals surface area contributed by atoms with E-state index in [9.17, 15) is 4.39 Å². The Kier molecular flexibility index (Phi) is 7.34. The molecule has 4 nitrogen and oxygen atoms in total. The maximum Gasteiger partial charge on any atom is 0.154 e. The number of alkyl halides is 1. The Balaban J connectivity index is 1.76. The van der Waals surface area contributed by atoms with Crippen molar-refractivity contribution in [1.82, 2.24) is 14.9 Å². The highest BCUT2D eigenvalue weighted by molar-refractivity contribution is 6.17. The van der Waals surface area contributed by atoms with E-state index in [1.165, 1.54) is 12.1 Å². The Hall–Kier alpha value is -2.50. The third-order valence-electron chi connectivity index (χ3n) is 4.48. The molecule has 1 aromatic heterocycles. The molecule has 3 aromatic rings. The molecule has 0 saturated carbocycles. The Bertz CT molecular complexity index is 923. The van der Waals surface area contributed by atoms with Gasteiger partial charge < -0.3 is 5.32 Å². The minimum Gasteiger partial charge on any atom is -0.369 e. The summed E-state index contributed by atoms with van der Waals surface area (Å²) in [5.74, 6) is 1.18. The molecule has 0 aliphatic carbocycles. The van der Waals surface area contributed by atoms with Gasteiger partial charge in [0.1, 0.15) is 11.6 Å². The van der Waals surface area contributed by atoms with Crippen LogP contribution < -0.4 is 5.32 Å². The molecule has 0 fully saturated rings. The summed E-state index contributed by atoms with van der Waals surface area (Å²) in [6.07, 6.45) is 4.70. The van der Waals surface area contributed by atoms with Crippen LogP contribution in [0.2, 0.25) is 0 Å².